The predicted octanol–water partition coefficient (Wildman–Crippen LogP) is -1.91. The fourth-order valence-electron chi connectivity index (χ4n) is 0.284. The van der Waals surface area contributed by atoms with Crippen molar-refractivity contribution in [3.63, 3.8) is 0 Å². The molecule has 2 amide bonds. The third kappa shape index (κ3) is 2.55. The molecule has 53 valence electrons. The first-order chi connectivity index (χ1) is 4.57. The fraction of sp³-hybridized carbons (Fsp3) is 0. The highest BCUT2D eigenvalue weighted by molar-refractivity contribution is 5.99. The van der Waals surface area contributed by atoms with Crippen LogP contribution in [0.5, 0.6) is 0 Å². The van der Waals surface area contributed by atoms with Gasteiger partial charge in [0, 0.05) is 6.08 Å². The Morgan fingerprint density at radius 3 is 2.00 bits per heavy atom. The van der Waals surface area contributed by atoms with E-state index in [1.54, 1.807) is 0 Å². The lowest BCUT2D eigenvalue weighted by atomic mass is 10.4. The maximum atomic E-state index is 10.2. The molecule has 6 heteroatoms. The third-order valence-corrected chi connectivity index (χ3v) is 0.639. The molecule has 1 radical (unpaired) electrons. The van der Waals surface area contributed by atoms with Gasteiger partial charge < -0.3 is 11.5 Å². The Hall–Kier alpha value is -1.72. The van der Waals surface area contributed by atoms with Gasteiger partial charge in [0.05, 0.1) is 0 Å². The molecule has 0 saturated carbocycles. The molecular weight excluding hydrogens is 136 g/mol. The molecule has 10 heavy (non-hydrogen) atoms. The summed E-state index contributed by atoms with van der Waals surface area (Å²) in [5, 5.41) is 2.41. The monoisotopic (exact) mass is 141 g/mol. The summed E-state index contributed by atoms with van der Waals surface area (Å²) < 4.78 is 0. The molecule has 0 aromatic heterocycles. The molecule has 0 aromatic rings. The minimum Gasteiger partial charge on any atom is -0.366 e. The summed E-state index contributed by atoms with van der Waals surface area (Å²) in [5.74, 6) is -1.91. The Morgan fingerprint density at radius 1 is 1.40 bits per heavy atom. The molecule has 0 fully saturated rings. The van der Waals surface area contributed by atoms with Crippen molar-refractivity contribution in [2.24, 2.45) is 16.6 Å². The van der Waals surface area contributed by atoms with Gasteiger partial charge >= 0.3 is 0 Å². The average molecular weight is 141 g/mol. The first-order valence-electron chi connectivity index (χ1n) is 2.24. The zero-order chi connectivity index (χ0) is 8.15. The van der Waals surface area contributed by atoms with Crippen LogP contribution >= 0.6 is 0 Å². The van der Waals surface area contributed by atoms with Crippen molar-refractivity contribution < 1.29 is 9.59 Å². The van der Waals surface area contributed by atoms with Gasteiger partial charge in [0.2, 0.25) is 5.91 Å². The number of rotatable bonds is 3. The lowest BCUT2D eigenvalue weighted by Crippen LogP contribution is -2.16. The molecule has 0 spiro atoms. The van der Waals surface area contributed by atoms with Gasteiger partial charge in [-0.3, -0.25) is 9.59 Å². The van der Waals surface area contributed by atoms with Crippen LogP contribution in [0.25, 0.3) is 0 Å². The van der Waals surface area contributed by atoms with E-state index in [0.29, 0.717) is 6.08 Å². The van der Waals surface area contributed by atoms with E-state index < -0.39 is 17.5 Å². The molecule has 6 nitrogen and oxygen atoms in total. The average Bonchev–Trinajstić information content (AvgIpc) is 1.81. The molecule has 0 aliphatic heterocycles. The van der Waals surface area contributed by atoms with E-state index in [1.165, 1.54) is 0 Å². The van der Waals surface area contributed by atoms with Crippen molar-refractivity contribution in [2.45, 2.75) is 0 Å². The predicted molar refractivity (Wildman–Crippen MR) is 31.0 cm³/mol. The summed E-state index contributed by atoms with van der Waals surface area (Å²) in [5.41, 5.74) is 16.7. The summed E-state index contributed by atoms with van der Waals surface area (Å²) >= 11 is 0. The van der Waals surface area contributed by atoms with E-state index in [0.717, 1.165) is 0 Å². The summed E-state index contributed by atoms with van der Waals surface area (Å²) in [4.78, 5) is 20.2. The molecule has 0 unspecified atom stereocenters. The normalized spacial score (nSPS) is 10.6. The van der Waals surface area contributed by atoms with Crippen LogP contribution in [0.2, 0.25) is 0 Å². The van der Waals surface area contributed by atoms with Crippen LogP contribution in [0.1, 0.15) is 0 Å². The Bertz CT molecular complexity index is 207. The summed E-state index contributed by atoms with van der Waals surface area (Å²) in [6.45, 7) is 0. The quantitative estimate of drug-likeness (QED) is 0.352. The maximum Gasteiger partial charge on any atom is 0.269 e. The van der Waals surface area contributed by atoms with Crippen LogP contribution in [-0.4, -0.2) is 11.8 Å². The minimum atomic E-state index is -1.01. The molecule has 0 aliphatic carbocycles. The number of carbonyl (C=O) groups excluding carboxylic acids is 2. The SMILES string of the molecule is [N]=NC(=CC(N)=O)C(N)=O. The fourth-order valence-corrected chi connectivity index (χ4v) is 0.284. The standard InChI is InChI=1S/C4H5N4O2/c5-3(9)1-2(8-7)4(6)10/h1H,(H2,5,9)(H2,6,10). The highest BCUT2D eigenvalue weighted by Crippen LogP contribution is 1.90. The molecule has 0 aromatic carbocycles. The first-order valence-corrected chi connectivity index (χ1v) is 2.24. The molecular formula is C4H5N4O2. The van der Waals surface area contributed by atoms with Gasteiger partial charge in [-0.2, -0.15) is 0 Å². The second-order valence-electron chi connectivity index (χ2n) is 1.40. The van der Waals surface area contributed by atoms with Crippen molar-refractivity contribution in [1.82, 2.24) is 5.53 Å². The number of primary amides is 2. The molecule has 0 bridgehead atoms. The van der Waals surface area contributed by atoms with E-state index in [2.05, 4.69) is 16.6 Å². The number of carbonyl (C=O) groups is 2. The summed E-state index contributed by atoms with van der Waals surface area (Å²) in [6, 6.07) is 0. The van der Waals surface area contributed by atoms with Gasteiger partial charge in [0.1, 0.15) is 0 Å². The summed E-state index contributed by atoms with van der Waals surface area (Å²) in [6.07, 6.45) is 0.627. The van der Waals surface area contributed by atoms with Gasteiger partial charge in [0.15, 0.2) is 5.70 Å². The van der Waals surface area contributed by atoms with E-state index in [1.807, 2.05) is 0 Å². The Labute approximate surface area is 56.4 Å². The maximum absolute atomic E-state index is 10.2. The van der Waals surface area contributed by atoms with Gasteiger partial charge in [-0.15, -0.1) is 5.11 Å². The van der Waals surface area contributed by atoms with E-state index in [4.69, 9.17) is 5.53 Å². The largest absolute Gasteiger partial charge is 0.366 e. The summed E-state index contributed by atoms with van der Waals surface area (Å²) in [7, 11) is 0. The van der Waals surface area contributed by atoms with Crippen molar-refractivity contribution in [2.75, 3.05) is 0 Å². The zero-order valence-corrected chi connectivity index (χ0v) is 4.94. The van der Waals surface area contributed by atoms with Crippen LogP contribution in [0, 0.1) is 0 Å². The van der Waals surface area contributed by atoms with Crippen LogP contribution in [-0.2, 0) is 9.59 Å². The highest BCUT2D eigenvalue weighted by Gasteiger charge is 2.03. The zero-order valence-electron chi connectivity index (χ0n) is 4.94. The molecule has 0 atom stereocenters. The van der Waals surface area contributed by atoms with E-state index in [9.17, 15) is 9.59 Å². The smallest absolute Gasteiger partial charge is 0.269 e. The van der Waals surface area contributed by atoms with Crippen LogP contribution in [0.15, 0.2) is 16.9 Å². The first kappa shape index (κ1) is 8.28. The number of hydrogen-bond donors (Lipinski definition) is 2. The minimum absolute atomic E-state index is 0.562. The lowest BCUT2D eigenvalue weighted by Gasteiger charge is -1.87. The van der Waals surface area contributed by atoms with Crippen molar-refractivity contribution in [3.8, 4) is 0 Å². The van der Waals surface area contributed by atoms with Gasteiger partial charge in [-0.25, -0.2) is 0 Å². The second kappa shape index (κ2) is 3.33. The second-order valence-corrected chi connectivity index (χ2v) is 1.40. The van der Waals surface area contributed by atoms with Crippen molar-refractivity contribution in [3.05, 3.63) is 11.8 Å². The number of amides is 2. The molecule has 0 rings (SSSR count). The highest BCUT2D eigenvalue weighted by atomic mass is 16.2. The molecule has 4 N–H and O–H groups in total. The van der Waals surface area contributed by atoms with Crippen LogP contribution in [0.4, 0.5) is 0 Å². The van der Waals surface area contributed by atoms with E-state index in [-0.39, 0.29) is 0 Å². The van der Waals surface area contributed by atoms with Gasteiger partial charge in [0.25, 0.3) is 5.91 Å². The van der Waals surface area contributed by atoms with Crippen LogP contribution in [0.3, 0.4) is 0 Å². The van der Waals surface area contributed by atoms with Crippen LogP contribution < -0.4 is 17.0 Å². The number of nitrogens with zero attached hydrogens (tertiary/aromatic N) is 2. The van der Waals surface area contributed by atoms with Crippen molar-refractivity contribution >= 4 is 11.8 Å². The van der Waals surface area contributed by atoms with Gasteiger partial charge in [-0.05, 0) is 5.53 Å². The topological polar surface area (TPSA) is 121 Å². The molecule has 0 saturated heterocycles. The molecule has 0 heterocycles. The van der Waals surface area contributed by atoms with Gasteiger partial charge in [-0.1, -0.05) is 0 Å². The Kier molecular flexibility index (Phi) is 2.76. The van der Waals surface area contributed by atoms with E-state index >= 15 is 0 Å². The third-order valence-electron chi connectivity index (χ3n) is 0.639. The number of nitrogens with two attached hydrogens (primary N) is 2. The Morgan fingerprint density at radius 2 is 1.90 bits per heavy atom. The molecule has 0 aliphatic rings. The van der Waals surface area contributed by atoms with Crippen molar-refractivity contribution in [1.29, 1.82) is 0 Å². The number of hydrogen-bond acceptors (Lipinski definition) is 3. The Balaban J connectivity index is 4.49. The lowest BCUT2D eigenvalue weighted by molar-refractivity contribution is -0.116.